The van der Waals surface area contributed by atoms with Crippen molar-refractivity contribution in [3.05, 3.63) is 35.4 Å². The van der Waals surface area contributed by atoms with Crippen LogP contribution >= 0.6 is 0 Å². The summed E-state index contributed by atoms with van der Waals surface area (Å²) in [6.45, 7) is 9.31. The van der Waals surface area contributed by atoms with Crippen LogP contribution in [0.5, 0.6) is 0 Å². The van der Waals surface area contributed by atoms with Crippen molar-refractivity contribution in [2.24, 2.45) is 5.92 Å². The van der Waals surface area contributed by atoms with Gasteiger partial charge < -0.3 is 4.84 Å². The van der Waals surface area contributed by atoms with Gasteiger partial charge in [-0.3, -0.25) is 0 Å². The fraction of sp³-hybridized carbons (Fsp3) is 0.571. The van der Waals surface area contributed by atoms with Crippen molar-refractivity contribution in [3.63, 3.8) is 0 Å². The minimum absolute atomic E-state index is 0.240. The SMILES string of the molecule is CCc1ccc(C(C)NOCC(C)C)cc1. The van der Waals surface area contributed by atoms with Crippen LogP contribution in [0.1, 0.15) is 44.9 Å². The molecule has 0 aliphatic heterocycles. The van der Waals surface area contributed by atoms with Crippen LogP contribution in [0.25, 0.3) is 0 Å². The second-order valence-corrected chi connectivity index (χ2v) is 4.64. The summed E-state index contributed by atoms with van der Waals surface area (Å²) < 4.78 is 0. The van der Waals surface area contributed by atoms with E-state index in [0.29, 0.717) is 5.92 Å². The van der Waals surface area contributed by atoms with Gasteiger partial charge in [-0.1, -0.05) is 45.0 Å². The molecule has 1 atom stereocenters. The highest BCUT2D eigenvalue weighted by Gasteiger charge is 2.05. The lowest BCUT2D eigenvalue weighted by Crippen LogP contribution is -2.21. The van der Waals surface area contributed by atoms with Gasteiger partial charge in [0.2, 0.25) is 0 Å². The van der Waals surface area contributed by atoms with E-state index in [1.165, 1.54) is 11.1 Å². The Morgan fingerprint density at radius 3 is 2.25 bits per heavy atom. The largest absolute Gasteiger partial charge is 0.301 e. The number of hydrogen-bond donors (Lipinski definition) is 1. The van der Waals surface area contributed by atoms with Gasteiger partial charge in [0.05, 0.1) is 12.6 Å². The van der Waals surface area contributed by atoms with Gasteiger partial charge in [0.1, 0.15) is 0 Å². The van der Waals surface area contributed by atoms with E-state index in [1.54, 1.807) is 0 Å². The first-order chi connectivity index (χ1) is 7.63. The third-order valence-electron chi connectivity index (χ3n) is 2.56. The van der Waals surface area contributed by atoms with E-state index in [1.807, 2.05) is 0 Å². The van der Waals surface area contributed by atoms with Gasteiger partial charge in [-0.25, -0.2) is 0 Å². The van der Waals surface area contributed by atoms with Crippen molar-refractivity contribution in [2.75, 3.05) is 6.61 Å². The molecule has 1 unspecified atom stereocenters. The summed E-state index contributed by atoms with van der Waals surface area (Å²) in [5.74, 6) is 0.558. The van der Waals surface area contributed by atoms with Gasteiger partial charge in [0.15, 0.2) is 0 Å². The Kier molecular flexibility index (Phi) is 5.50. The van der Waals surface area contributed by atoms with E-state index >= 15 is 0 Å². The third kappa shape index (κ3) is 4.33. The fourth-order valence-corrected chi connectivity index (χ4v) is 1.45. The second-order valence-electron chi connectivity index (χ2n) is 4.64. The average molecular weight is 221 g/mol. The highest BCUT2D eigenvalue weighted by molar-refractivity contribution is 5.24. The lowest BCUT2D eigenvalue weighted by molar-refractivity contribution is 0.00409. The first-order valence-corrected chi connectivity index (χ1v) is 6.09. The van der Waals surface area contributed by atoms with E-state index in [0.717, 1.165) is 13.0 Å². The maximum Gasteiger partial charge on any atom is 0.0705 e. The monoisotopic (exact) mass is 221 g/mol. The average Bonchev–Trinajstić information content (AvgIpc) is 2.28. The van der Waals surface area contributed by atoms with Crippen LogP contribution < -0.4 is 5.48 Å². The molecule has 90 valence electrons. The zero-order chi connectivity index (χ0) is 12.0. The van der Waals surface area contributed by atoms with E-state index in [-0.39, 0.29) is 6.04 Å². The fourth-order valence-electron chi connectivity index (χ4n) is 1.45. The molecule has 0 aliphatic carbocycles. The van der Waals surface area contributed by atoms with Crippen molar-refractivity contribution < 1.29 is 4.84 Å². The van der Waals surface area contributed by atoms with Crippen molar-refractivity contribution >= 4 is 0 Å². The Bertz CT molecular complexity index is 292. The summed E-state index contributed by atoms with van der Waals surface area (Å²) in [6, 6.07) is 8.92. The van der Waals surface area contributed by atoms with Crippen LogP contribution in [0, 0.1) is 5.92 Å². The Labute approximate surface area is 99.0 Å². The Morgan fingerprint density at radius 2 is 1.75 bits per heavy atom. The van der Waals surface area contributed by atoms with Crippen molar-refractivity contribution in [3.8, 4) is 0 Å². The van der Waals surface area contributed by atoms with Gasteiger partial charge in [0, 0.05) is 0 Å². The second kappa shape index (κ2) is 6.66. The molecule has 0 saturated heterocycles. The highest BCUT2D eigenvalue weighted by Crippen LogP contribution is 2.13. The Morgan fingerprint density at radius 1 is 1.12 bits per heavy atom. The number of hydrogen-bond acceptors (Lipinski definition) is 2. The maximum atomic E-state index is 5.42. The molecule has 0 heterocycles. The summed E-state index contributed by atoms with van der Waals surface area (Å²) in [4.78, 5) is 5.42. The molecule has 2 nitrogen and oxygen atoms in total. The number of hydroxylamine groups is 1. The molecule has 2 heteroatoms. The summed E-state index contributed by atoms with van der Waals surface area (Å²) in [5, 5.41) is 0. The van der Waals surface area contributed by atoms with Gasteiger partial charge in [-0.05, 0) is 30.4 Å². The maximum absolute atomic E-state index is 5.42. The summed E-state index contributed by atoms with van der Waals surface area (Å²) in [5.41, 5.74) is 5.71. The zero-order valence-electron chi connectivity index (χ0n) is 10.8. The number of rotatable bonds is 6. The van der Waals surface area contributed by atoms with Gasteiger partial charge in [-0.2, -0.15) is 5.48 Å². The Hall–Kier alpha value is -0.860. The molecule has 0 radical (unpaired) electrons. The van der Waals surface area contributed by atoms with Crippen LogP contribution in [-0.4, -0.2) is 6.61 Å². The first-order valence-electron chi connectivity index (χ1n) is 6.09. The minimum atomic E-state index is 0.240. The van der Waals surface area contributed by atoms with E-state index in [9.17, 15) is 0 Å². The number of aryl methyl sites for hydroxylation is 1. The predicted molar refractivity (Wildman–Crippen MR) is 68.2 cm³/mol. The molecule has 0 aliphatic rings. The molecule has 0 bridgehead atoms. The Balaban J connectivity index is 2.43. The summed E-state index contributed by atoms with van der Waals surface area (Å²) in [6.07, 6.45) is 1.09. The number of nitrogens with one attached hydrogen (secondary N) is 1. The van der Waals surface area contributed by atoms with Crippen molar-refractivity contribution in [1.29, 1.82) is 0 Å². The highest BCUT2D eigenvalue weighted by atomic mass is 16.6. The molecule has 0 saturated carbocycles. The molecule has 1 aromatic carbocycles. The number of benzene rings is 1. The van der Waals surface area contributed by atoms with Crippen LogP contribution in [0.3, 0.4) is 0 Å². The molecule has 0 fully saturated rings. The van der Waals surface area contributed by atoms with Gasteiger partial charge >= 0.3 is 0 Å². The predicted octanol–water partition coefficient (Wildman–Crippen LogP) is 3.49. The van der Waals surface area contributed by atoms with Crippen molar-refractivity contribution in [1.82, 2.24) is 5.48 Å². The molecular formula is C14H23NO. The molecule has 0 aromatic heterocycles. The lowest BCUT2D eigenvalue weighted by atomic mass is 10.1. The van der Waals surface area contributed by atoms with Crippen molar-refractivity contribution in [2.45, 2.75) is 40.2 Å². The zero-order valence-corrected chi connectivity index (χ0v) is 10.8. The van der Waals surface area contributed by atoms with Crippen LogP contribution in [0.15, 0.2) is 24.3 Å². The summed E-state index contributed by atoms with van der Waals surface area (Å²) >= 11 is 0. The van der Waals surface area contributed by atoms with E-state index in [4.69, 9.17) is 4.84 Å². The molecular weight excluding hydrogens is 198 g/mol. The standard InChI is InChI=1S/C14H23NO/c1-5-13-6-8-14(9-7-13)12(4)15-16-10-11(2)3/h6-9,11-12,15H,5,10H2,1-4H3. The van der Waals surface area contributed by atoms with Crippen LogP contribution in [-0.2, 0) is 11.3 Å². The normalized spacial score (nSPS) is 13.1. The van der Waals surface area contributed by atoms with Gasteiger partial charge in [-0.15, -0.1) is 0 Å². The smallest absolute Gasteiger partial charge is 0.0705 e. The third-order valence-corrected chi connectivity index (χ3v) is 2.56. The summed E-state index contributed by atoms with van der Waals surface area (Å²) in [7, 11) is 0. The molecule has 1 N–H and O–H groups in total. The minimum Gasteiger partial charge on any atom is -0.301 e. The van der Waals surface area contributed by atoms with Crippen LogP contribution in [0.4, 0.5) is 0 Å². The van der Waals surface area contributed by atoms with Gasteiger partial charge in [0.25, 0.3) is 0 Å². The molecule has 0 spiro atoms. The molecule has 1 rings (SSSR count). The molecule has 0 amide bonds. The molecule has 1 aromatic rings. The quantitative estimate of drug-likeness (QED) is 0.742. The first kappa shape index (κ1) is 13.2. The van der Waals surface area contributed by atoms with E-state index in [2.05, 4.69) is 57.4 Å². The topological polar surface area (TPSA) is 21.3 Å². The lowest BCUT2D eigenvalue weighted by Gasteiger charge is -2.15. The molecule has 16 heavy (non-hydrogen) atoms. The van der Waals surface area contributed by atoms with E-state index < -0.39 is 0 Å². The van der Waals surface area contributed by atoms with Crippen LogP contribution in [0.2, 0.25) is 0 Å².